The Morgan fingerprint density at radius 3 is 3.18 bits per heavy atom. The van der Waals surface area contributed by atoms with E-state index in [2.05, 4.69) is 29.1 Å². The van der Waals surface area contributed by atoms with Crippen molar-refractivity contribution in [3.8, 4) is 0 Å². The first-order valence-corrected chi connectivity index (χ1v) is 7.65. The lowest BCUT2D eigenvalue weighted by Crippen LogP contribution is -2.31. The molecule has 0 aromatic carbocycles. The van der Waals surface area contributed by atoms with Crippen LogP contribution in [0.25, 0.3) is 0 Å². The van der Waals surface area contributed by atoms with Gasteiger partial charge in [-0.1, -0.05) is 6.92 Å². The predicted octanol–water partition coefficient (Wildman–Crippen LogP) is 3.09. The highest BCUT2D eigenvalue weighted by molar-refractivity contribution is 7.07. The second kappa shape index (κ2) is 7.14. The van der Waals surface area contributed by atoms with Gasteiger partial charge in [0.15, 0.2) is 0 Å². The maximum absolute atomic E-state index is 5.46. The highest BCUT2D eigenvalue weighted by atomic mass is 32.1. The Morgan fingerprint density at radius 1 is 1.59 bits per heavy atom. The largest absolute Gasteiger partial charge is 0.381 e. The van der Waals surface area contributed by atoms with Gasteiger partial charge in [-0.25, -0.2) is 0 Å². The Bertz CT molecular complexity index is 293. The van der Waals surface area contributed by atoms with E-state index in [1.807, 2.05) is 0 Å². The molecule has 2 rings (SSSR count). The summed E-state index contributed by atoms with van der Waals surface area (Å²) in [5.74, 6) is 0.779. The fraction of sp³-hybridized carbons (Fsp3) is 0.714. The molecule has 2 nitrogen and oxygen atoms in total. The molecular formula is C14H23NOS. The molecule has 0 saturated carbocycles. The lowest BCUT2D eigenvalue weighted by molar-refractivity contribution is 0.181. The zero-order valence-corrected chi connectivity index (χ0v) is 11.5. The molecule has 1 aliphatic rings. The zero-order valence-electron chi connectivity index (χ0n) is 10.7. The Hall–Kier alpha value is -0.380. The van der Waals surface area contributed by atoms with Crippen LogP contribution in [-0.2, 0) is 11.2 Å². The van der Waals surface area contributed by atoms with E-state index < -0.39 is 0 Å². The first-order valence-electron chi connectivity index (χ1n) is 6.70. The van der Waals surface area contributed by atoms with Gasteiger partial charge in [0.25, 0.3) is 0 Å². The summed E-state index contributed by atoms with van der Waals surface area (Å²) in [5, 5.41) is 8.05. The molecule has 2 heterocycles. The monoisotopic (exact) mass is 253 g/mol. The lowest BCUT2D eigenvalue weighted by Gasteiger charge is -2.20. The van der Waals surface area contributed by atoms with Crippen molar-refractivity contribution in [2.45, 2.75) is 38.6 Å². The molecule has 96 valence electrons. The number of hydrogen-bond acceptors (Lipinski definition) is 3. The van der Waals surface area contributed by atoms with Crippen molar-refractivity contribution in [2.75, 3.05) is 19.8 Å². The third-order valence-corrected chi connectivity index (χ3v) is 4.23. The average molecular weight is 253 g/mol. The molecule has 17 heavy (non-hydrogen) atoms. The van der Waals surface area contributed by atoms with Gasteiger partial charge in [0.1, 0.15) is 0 Å². The fourth-order valence-electron chi connectivity index (χ4n) is 2.54. The third-order valence-electron chi connectivity index (χ3n) is 3.50. The summed E-state index contributed by atoms with van der Waals surface area (Å²) in [6, 6.07) is 2.90. The van der Waals surface area contributed by atoms with Crippen LogP contribution in [0.1, 0.15) is 31.7 Å². The quantitative estimate of drug-likeness (QED) is 0.806. The van der Waals surface area contributed by atoms with Crippen molar-refractivity contribution in [3.63, 3.8) is 0 Å². The summed E-state index contributed by atoms with van der Waals surface area (Å²) in [5.41, 5.74) is 1.49. The summed E-state index contributed by atoms with van der Waals surface area (Å²) in [6.45, 7) is 5.21. The van der Waals surface area contributed by atoms with E-state index in [0.717, 1.165) is 25.7 Å². The van der Waals surface area contributed by atoms with E-state index in [-0.39, 0.29) is 0 Å². The van der Waals surface area contributed by atoms with Crippen molar-refractivity contribution >= 4 is 11.3 Å². The fourth-order valence-corrected chi connectivity index (χ4v) is 3.24. The van der Waals surface area contributed by atoms with Gasteiger partial charge in [0.2, 0.25) is 0 Å². The van der Waals surface area contributed by atoms with Gasteiger partial charge in [0.05, 0.1) is 0 Å². The van der Waals surface area contributed by atoms with Gasteiger partial charge in [-0.3, -0.25) is 0 Å². The maximum atomic E-state index is 5.46. The van der Waals surface area contributed by atoms with Crippen LogP contribution in [0.5, 0.6) is 0 Å². The van der Waals surface area contributed by atoms with Gasteiger partial charge in [0, 0.05) is 19.3 Å². The first kappa shape index (κ1) is 13.1. The Morgan fingerprint density at radius 2 is 2.53 bits per heavy atom. The van der Waals surface area contributed by atoms with Crippen LogP contribution in [0, 0.1) is 5.92 Å². The summed E-state index contributed by atoms with van der Waals surface area (Å²) < 4.78 is 5.46. The lowest BCUT2D eigenvalue weighted by atomic mass is 9.95. The molecule has 1 saturated heterocycles. The maximum Gasteiger partial charge on any atom is 0.0495 e. The minimum Gasteiger partial charge on any atom is -0.381 e. The van der Waals surface area contributed by atoms with Gasteiger partial charge in [-0.2, -0.15) is 11.3 Å². The van der Waals surface area contributed by atoms with Crippen LogP contribution in [0.15, 0.2) is 16.8 Å². The second-order valence-corrected chi connectivity index (χ2v) is 5.67. The molecule has 0 radical (unpaired) electrons. The Labute approximate surface area is 108 Å². The van der Waals surface area contributed by atoms with E-state index in [9.17, 15) is 0 Å². The number of nitrogens with one attached hydrogen (secondary N) is 1. The van der Waals surface area contributed by atoms with Crippen LogP contribution >= 0.6 is 11.3 Å². The van der Waals surface area contributed by atoms with E-state index in [1.54, 1.807) is 11.3 Å². The molecule has 0 bridgehead atoms. The zero-order chi connectivity index (χ0) is 11.9. The molecule has 1 aromatic heterocycles. The molecule has 1 fully saturated rings. The number of thiophene rings is 1. The van der Waals surface area contributed by atoms with Crippen LogP contribution in [0.3, 0.4) is 0 Å². The molecule has 2 unspecified atom stereocenters. The van der Waals surface area contributed by atoms with Gasteiger partial charge in [-0.15, -0.1) is 0 Å². The van der Waals surface area contributed by atoms with Gasteiger partial charge < -0.3 is 10.1 Å². The highest BCUT2D eigenvalue weighted by Gasteiger charge is 2.20. The van der Waals surface area contributed by atoms with Crippen LogP contribution in [0.2, 0.25) is 0 Å². The minimum atomic E-state index is 0.659. The number of rotatable bonds is 7. The van der Waals surface area contributed by atoms with E-state index in [4.69, 9.17) is 4.74 Å². The van der Waals surface area contributed by atoms with Crippen molar-refractivity contribution in [1.29, 1.82) is 0 Å². The second-order valence-electron chi connectivity index (χ2n) is 4.89. The topological polar surface area (TPSA) is 21.3 Å². The van der Waals surface area contributed by atoms with Crippen LogP contribution in [-0.4, -0.2) is 25.8 Å². The van der Waals surface area contributed by atoms with Crippen molar-refractivity contribution in [2.24, 2.45) is 5.92 Å². The smallest absolute Gasteiger partial charge is 0.0495 e. The van der Waals surface area contributed by atoms with Crippen LogP contribution < -0.4 is 5.32 Å². The minimum absolute atomic E-state index is 0.659. The number of ether oxygens (including phenoxy) is 1. The third kappa shape index (κ3) is 4.41. The summed E-state index contributed by atoms with van der Waals surface area (Å²) >= 11 is 1.80. The Balaban J connectivity index is 1.75. The molecule has 0 spiro atoms. The molecule has 1 N–H and O–H groups in total. The summed E-state index contributed by atoms with van der Waals surface area (Å²) in [7, 11) is 0. The number of hydrogen-bond donors (Lipinski definition) is 1. The highest BCUT2D eigenvalue weighted by Crippen LogP contribution is 2.20. The summed E-state index contributed by atoms with van der Waals surface area (Å²) in [6.07, 6.45) is 4.98. The van der Waals surface area contributed by atoms with Gasteiger partial charge in [-0.05, 0) is 60.5 Å². The molecule has 3 heteroatoms. The average Bonchev–Trinajstić information content (AvgIpc) is 2.99. The molecular weight excluding hydrogens is 230 g/mol. The molecule has 0 amide bonds. The van der Waals surface area contributed by atoms with Crippen molar-refractivity contribution in [1.82, 2.24) is 5.32 Å². The Kier molecular flexibility index (Phi) is 5.49. The SMILES string of the molecule is CCNC(CCc1ccsc1)CC1CCOC1. The van der Waals surface area contributed by atoms with Crippen molar-refractivity contribution < 1.29 is 4.74 Å². The molecule has 2 atom stereocenters. The predicted molar refractivity (Wildman–Crippen MR) is 73.6 cm³/mol. The van der Waals surface area contributed by atoms with E-state index in [0.29, 0.717) is 6.04 Å². The molecule has 0 aliphatic carbocycles. The van der Waals surface area contributed by atoms with Crippen molar-refractivity contribution in [3.05, 3.63) is 22.4 Å². The van der Waals surface area contributed by atoms with Gasteiger partial charge >= 0.3 is 0 Å². The standard InChI is InChI=1S/C14H23NOS/c1-2-15-14(9-13-5-7-16-10-13)4-3-12-6-8-17-11-12/h6,8,11,13-15H,2-5,7,9-10H2,1H3. The van der Waals surface area contributed by atoms with E-state index >= 15 is 0 Å². The molecule has 1 aromatic rings. The normalized spacial score (nSPS) is 21.8. The molecule has 1 aliphatic heterocycles. The summed E-state index contributed by atoms with van der Waals surface area (Å²) in [4.78, 5) is 0. The van der Waals surface area contributed by atoms with Crippen LogP contribution in [0.4, 0.5) is 0 Å². The number of aryl methyl sites for hydroxylation is 1. The first-order chi connectivity index (χ1) is 8.38. The van der Waals surface area contributed by atoms with E-state index in [1.165, 1.54) is 31.2 Å².